The van der Waals surface area contributed by atoms with Crippen molar-refractivity contribution in [2.45, 2.75) is 31.9 Å². The number of ether oxygens (including phenoxy) is 1. The fraction of sp³-hybridized carbons (Fsp3) is 0.571. The molecule has 1 saturated heterocycles. The van der Waals surface area contributed by atoms with Crippen LogP contribution in [0.2, 0.25) is 0 Å². The number of hydrogen-bond acceptors (Lipinski definition) is 3. The Morgan fingerprint density at radius 1 is 1.39 bits per heavy atom. The van der Waals surface area contributed by atoms with E-state index in [9.17, 15) is 9.50 Å². The van der Waals surface area contributed by atoms with Gasteiger partial charge in [-0.3, -0.25) is 0 Å². The van der Waals surface area contributed by atoms with E-state index in [1.165, 1.54) is 6.07 Å². The molecule has 18 heavy (non-hydrogen) atoms. The number of aliphatic hydroxyl groups is 1. The number of aryl methyl sites for hydroxylation is 1. The van der Waals surface area contributed by atoms with E-state index in [1.54, 1.807) is 13.0 Å². The van der Waals surface area contributed by atoms with Gasteiger partial charge in [0.05, 0.1) is 5.60 Å². The van der Waals surface area contributed by atoms with Crippen LogP contribution in [0.3, 0.4) is 0 Å². The Morgan fingerprint density at radius 2 is 2.11 bits per heavy atom. The molecule has 0 amide bonds. The van der Waals surface area contributed by atoms with Gasteiger partial charge in [0, 0.05) is 39.1 Å². The van der Waals surface area contributed by atoms with Crippen molar-refractivity contribution in [3.8, 4) is 0 Å². The van der Waals surface area contributed by atoms with E-state index in [-0.39, 0.29) is 5.82 Å². The minimum absolute atomic E-state index is 0.181. The van der Waals surface area contributed by atoms with Crippen LogP contribution in [0.5, 0.6) is 0 Å². The first-order chi connectivity index (χ1) is 8.59. The summed E-state index contributed by atoms with van der Waals surface area (Å²) in [4.78, 5) is 0. The first-order valence-corrected chi connectivity index (χ1v) is 6.35. The lowest BCUT2D eigenvalue weighted by Gasteiger charge is -2.32. The Balaban J connectivity index is 1.82. The summed E-state index contributed by atoms with van der Waals surface area (Å²) in [5.74, 6) is -0.181. The largest absolute Gasteiger partial charge is 0.388 e. The quantitative estimate of drug-likeness (QED) is 0.859. The van der Waals surface area contributed by atoms with Crippen LogP contribution in [0, 0.1) is 12.7 Å². The third kappa shape index (κ3) is 3.51. The second kappa shape index (κ2) is 5.78. The molecule has 0 atom stereocenters. The van der Waals surface area contributed by atoms with Crippen LogP contribution in [-0.4, -0.2) is 30.5 Å². The van der Waals surface area contributed by atoms with Crippen molar-refractivity contribution in [1.82, 2.24) is 5.32 Å². The Labute approximate surface area is 107 Å². The predicted molar refractivity (Wildman–Crippen MR) is 67.8 cm³/mol. The van der Waals surface area contributed by atoms with Crippen molar-refractivity contribution in [2.75, 3.05) is 19.8 Å². The lowest BCUT2D eigenvalue weighted by atomic mass is 9.94. The monoisotopic (exact) mass is 253 g/mol. The molecule has 1 fully saturated rings. The zero-order chi connectivity index (χ0) is 13.0. The number of rotatable bonds is 4. The highest BCUT2D eigenvalue weighted by atomic mass is 19.1. The molecule has 0 bridgehead atoms. The molecule has 1 aromatic carbocycles. The van der Waals surface area contributed by atoms with Crippen LogP contribution in [0.15, 0.2) is 18.2 Å². The van der Waals surface area contributed by atoms with Gasteiger partial charge in [-0.05, 0) is 24.1 Å². The molecule has 2 N–H and O–H groups in total. The van der Waals surface area contributed by atoms with Crippen LogP contribution >= 0.6 is 0 Å². The Kier molecular flexibility index (Phi) is 4.32. The summed E-state index contributed by atoms with van der Waals surface area (Å²) in [6.07, 6.45) is 1.31. The maximum atomic E-state index is 13.3. The molecule has 1 aliphatic rings. The van der Waals surface area contributed by atoms with E-state index >= 15 is 0 Å². The molecule has 3 nitrogen and oxygen atoms in total. The van der Waals surface area contributed by atoms with E-state index in [1.807, 2.05) is 6.07 Å². The molecule has 100 valence electrons. The summed E-state index contributed by atoms with van der Waals surface area (Å²) in [5.41, 5.74) is 0.872. The van der Waals surface area contributed by atoms with Crippen LogP contribution < -0.4 is 5.32 Å². The van der Waals surface area contributed by atoms with Crippen molar-refractivity contribution in [3.05, 3.63) is 35.1 Å². The van der Waals surface area contributed by atoms with Crippen LogP contribution in [-0.2, 0) is 11.3 Å². The maximum absolute atomic E-state index is 13.3. The first kappa shape index (κ1) is 13.5. The molecule has 0 aliphatic carbocycles. The van der Waals surface area contributed by atoms with Crippen molar-refractivity contribution in [3.63, 3.8) is 0 Å². The molecule has 1 aromatic rings. The van der Waals surface area contributed by atoms with Gasteiger partial charge in [0.15, 0.2) is 0 Å². The Bertz CT molecular complexity index is 403. The van der Waals surface area contributed by atoms with Gasteiger partial charge < -0.3 is 15.2 Å². The highest BCUT2D eigenvalue weighted by Crippen LogP contribution is 2.19. The summed E-state index contributed by atoms with van der Waals surface area (Å²) >= 11 is 0. The van der Waals surface area contributed by atoms with E-state index < -0.39 is 5.60 Å². The molecule has 1 aliphatic heterocycles. The molecule has 0 aromatic heterocycles. The highest BCUT2D eigenvalue weighted by Gasteiger charge is 2.28. The van der Waals surface area contributed by atoms with E-state index in [4.69, 9.17) is 4.74 Å². The van der Waals surface area contributed by atoms with Gasteiger partial charge in [0.2, 0.25) is 0 Å². The van der Waals surface area contributed by atoms with E-state index in [0.29, 0.717) is 44.7 Å². The topological polar surface area (TPSA) is 41.5 Å². The van der Waals surface area contributed by atoms with Gasteiger partial charge in [-0.15, -0.1) is 0 Å². The average molecular weight is 253 g/mol. The van der Waals surface area contributed by atoms with Gasteiger partial charge in [-0.2, -0.15) is 0 Å². The van der Waals surface area contributed by atoms with Crippen molar-refractivity contribution in [1.29, 1.82) is 0 Å². The lowest BCUT2D eigenvalue weighted by molar-refractivity contribution is -0.0617. The summed E-state index contributed by atoms with van der Waals surface area (Å²) in [5, 5.41) is 13.4. The first-order valence-electron chi connectivity index (χ1n) is 6.35. The fourth-order valence-electron chi connectivity index (χ4n) is 2.11. The van der Waals surface area contributed by atoms with E-state index in [0.717, 1.165) is 5.56 Å². The fourth-order valence-corrected chi connectivity index (χ4v) is 2.11. The molecule has 2 rings (SSSR count). The standard InChI is InChI=1S/C14H20FNO2/c1-11-2-3-12(8-13(11)15)9-16-10-14(17)4-6-18-7-5-14/h2-3,8,16-17H,4-7,9-10H2,1H3. The van der Waals surface area contributed by atoms with Crippen molar-refractivity contribution in [2.24, 2.45) is 0 Å². The van der Waals surface area contributed by atoms with Crippen LogP contribution in [0.25, 0.3) is 0 Å². The highest BCUT2D eigenvalue weighted by molar-refractivity contribution is 5.23. The SMILES string of the molecule is Cc1ccc(CNCC2(O)CCOCC2)cc1F. The number of benzene rings is 1. The second-order valence-electron chi connectivity index (χ2n) is 5.02. The number of nitrogens with one attached hydrogen (secondary N) is 1. The van der Waals surface area contributed by atoms with Crippen molar-refractivity contribution < 1.29 is 14.2 Å². The Hall–Kier alpha value is -0.970. The molecule has 0 radical (unpaired) electrons. The third-order valence-electron chi connectivity index (χ3n) is 3.44. The van der Waals surface area contributed by atoms with Crippen LogP contribution in [0.1, 0.15) is 24.0 Å². The molecule has 0 spiro atoms. The lowest BCUT2D eigenvalue weighted by Crippen LogP contribution is -2.44. The molecular weight excluding hydrogens is 233 g/mol. The third-order valence-corrected chi connectivity index (χ3v) is 3.44. The van der Waals surface area contributed by atoms with Crippen molar-refractivity contribution >= 4 is 0 Å². The predicted octanol–water partition coefficient (Wildman–Crippen LogP) is 1.77. The van der Waals surface area contributed by atoms with Gasteiger partial charge in [-0.25, -0.2) is 4.39 Å². The Morgan fingerprint density at radius 3 is 2.78 bits per heavy atom. The zero-order valence-electron chi connectivity index (χ0n) is 10.7. The average Bonchev–Trinajstić information content (AvgIpc) is 2.34. The number of halogens is 1. The van der Waals surface area contributed by atoms with E-state index in [2.05, 4.69) is 5.32 Å². The second-order valence-corrected chi connectivity index (χ2v) is 5.02. The van der Waals surface area contributed by atoms with Gasteiger partial charge in [0.1, 0.15) is 5.82 Å². The molecule has 4 heteroatoms. The van der Waals surface area contributed by atoms with Gasteiger partial charge in [-0.1, -0.05) is 12.1 Å². The molecular formula is C14H20FNO2. The normalized spacial score (nSPS) is 18.8. The maximum Gasteiger partial charge on any atom is 0.126 e. The summed E-state index contributed by atoms with van der Waals surface area (Å²) in [6.45, 7) is 4.05. The zero-order valence-corrected chi connectivity index (χ0v) is 10.7. The number of hydrogen-bond donors (Lipinski definition) is 2. The summed E-state index contributed by atoms with van der Waals surface area (Å²) < 4.78 is 18.6. The molecule has 0 unspecified atom stereocenters. The molecule has 0 saturated carbocycles. The minimum atomic E-state index is -0.679. The minimum Gasteiger partial charge on any atom is -0.388 e. The molecule has 1 heterocycles. The van der Waals surface area contributed by atoms with Gasteiger partial charge >= 0.3 is 0 Å². The summed E-state index contributed by atoms with van der Waals surface area (Å²) in [6, 6.07) is 5.21. The smallest absolute Gasteiger partial charge is 0.126 e. The summed E-state index contributed by atoms with van der Waals surface area (Å²) in [7, 11) is 0. The van der Waals surface area contributed by atoms with Crippen LogP contribution in [0.4, 0.5) is 4.39 Å². The van der Waals surface area contributed by atoms with Gasteiger partial charge in [0.25, 0.3) is 0 Å².